The van der Waals surface area contributed by atoms with Crippen LogP contribution < -0.4 is 5.32 Å². The van der Waals surface area contributed by atoms with Crippen molar-refractivity contribution in [3.63, 3.8) is 0 Å². The van der Waals surface area contributed by atoms with E-state index >= 15 is 0 Å². The number of amides is 1. The van der Waals surface area contributed by atoms with Crippen LogP contribution in [-0.2, 0) is 15.1 Å². The number of β-lactam (4-membered cyclic amide) rings is 1. The van der Waals surface area contributed by atoms with E-state index in [1.165, 1.54) is 4.90 Å². The van der Waals surface area contributed by atoms with Crippen LogP contribution in [-0.4, -0.2) is 44.9 Å². The zero-order chi connectivity index (χ0) is 23.7. The molecule has 0 aliphatic carbocycles. The molecule has 3 aromatic rings. The molecule has 1 amide bonds. The molecular weight excluding hydrogens is 468 g/mol. The predicted molar refractivity (Wildman–Crippen MR) is 135 cm³/mol. The van der Waals surface area contributed by atoms with Crippen molar-refractivity contribution in [1.29, 1.82) is 0 Å². The molecule has 3 aromatic carbocycles. The fourth-order valence-electron chi connectivity index (χ4n) is 4.83. The molecule has 1 saturated heterocycles. The van der Waals surface area contributed by atoms with Gasteiger partial charge in [0.2, 0.25) is 5.91 Å². The second kappa shape index (κ2) is 9.29. The quantitative estimate of drug-likeness (QED) is 0.291. The lowest BCUT2D eigenvalue weighted by atomic mass is 9.76. The number of benzene rings is 3. The largest absolute Gasteiger partial charge is 0.477 e. The molecular formula is C27H23ClN2O3S. The summed E-state index contributed by atoms with van der Waals surface area (Å²) < 4.78 is 0. The Morgan fingerprint density at radius 1 is 0.941 bits per heavy atom. The summed E-state index contributed by atoms with van der Waals surface area (Å²) in [5.41, 5.74) is 2.77. The highest BCUT2D eigenvalue weighted by atomic mass is 35.5. The minimum absolute atomic E-state index is 0.0199. The van der Waals surface area contributed by atoms with Crippen LogP contribution in [0.3, 0.4) is 0 Å². The van der Waals surface area contributed by atoms with Crippen molar-refractivity contribution >= 4 is 35.2 Å². The standard InChI is InChI=1S/C27H23ClN2O3S/c28-16-18-17-34-25-22(24(31)30(25)23(18)26(32)33)29-27(19-10-4-1-5-11-19,20-12-6-2-7-13-20)21-14-8-3-9-15-21/h1-15,22,25,29H,16-17H2,(H,32,33)/t22-,25-/m1/s1. The van der Waals surface area contributed by atoms with Gasteiger partial charge in [-0.2, -0.15) is 0 Å². The van der Waals surface area contributed by atoms with E-state index in [4.69, 9.17) is 11.6 Å². The fraction of sp³-hybridized carbons (Fsp3) is 0.185. The average molecular weight is 491 g/mol. The summed E-state index contributed by atoms with van der Waals surface area (Å²) in [5.74, 6) is -0.810. The normalized spacial score (nSPS) is 20.0. The van der Waals surface area contributed by atoms with Gasteiger partial charge >= 0.3 is 5.97 Å². The van der Waals surface area contributed by atoms with Crippen LogP contribution >= 0.6 is 23.4 Å². The fourth-order valence-corrected chi connectivity index (χ4v) is 6.51. The molecule has 0 unspecified atom stereocenters. The number of carboxylic acids is 1. The molecule has 172 valence electrons. The molecule has 0 radical (unpaired) electrons. The number of fused-ring (bicyclic) bond motifs is 1. The first-order chi connectivity index (χ1) is 16.6. The third-order valence-electron chi connectivity index (χ3n) is 6.40. The Labute approximate surface area is 207 Å². The monoisotopic (exact) mass is 490 g/mol. The summed E-state index contributed by atoms with van der Waals surface area (Å²) in [4.78, 5) is 26.8. The number of carboxylic acid groups (broad SMARTS) is 1. The summed E-state index contributed by atoms with van der Waals surface area (Å²) in [6.45, 7) is 0. The Hall–Kier alpha value is -3.06. The summed E-state index contributed by atoms with van der Waals surface area (Å²) in [5, 5.41) is 13.2. The topological polar surface area (TPSA) is 69.6 Å². The molecule has 2 N–H and O–H groups in total. The Morgan fingerprint density at radius 2 is 1.41 bits per heavy atom. The van der Waals surface area contributed by atoms with Gasteiger partial charge in [0.15, 0.2) is 0 Å². The maximum absolute atomic E-state index is 13.5. The predicted octanol–water partition coefficient (Wildman–Crippen LogP) is 4.43. The third-order valence-corrected chi connectivity index (χ3v) is 8.07. The van der Waals surface area contributed by atoms with Crippen LogP contribution in [0.25, 0.3) is 0 Å². The number of carbonyl (C=O) groups excluding carboxylic acids is 1. The molecule has 7 heteroatoms. The highest BCUT2D eigenvalue weighted by Crippen LogP contribution is 2.44. The number of hydrogen-bond acceptors (Lipinski definition) is 4. The van der Waals surface area contributed by atoms with Crippen molar-refractivity contribution in [3.8, 4) is 0 Å². The molecule has 34 heavy (non-hydrogen) atoms. The van der Waals surface area contributed by atoms with Gasteiger partial charge in [0.25, 0.3) is 0 Å². The van der Waals surface area contributed by atoms with E-state index in [1.807, 2.05) is 54.6 Å². The Morgan fingerprint density at radius 3 is 1.82 bits per heavy atom. The van der Waals surface area contributed by atoms with Crippen LogP contribution in [0.15, 0.2) is 102 Å². The van der Waals surface area contributed by atoms with Crippen LogP contribution in [0.4, 0.5) is 0 Å². The van der Waals surface area contributed by atoms with E-state index in [1.54, 1.807) is 11.8 Å². The van der Waals surface area contributed by atoms with E-state index in [0.29, 0.717) is 11.3 Å². The zero-order valence-corrected chi connectivity index (χ0v) is 19.8. The Bertz CT molecular complexity index is 1140. The molecule has 0 spiro atoms. The first-order valence-corrected chi connectivity index (χ1v) is 12.6. The van der Waals surface area contributed by atoms with Crippen molar-refractivity contribution in [2.75, 3.05) is 11.6 Å². The second-order valence-corrected chi connectivity index (χ2v) is 9.64. The van der Waals surface area contributed by atoms with Crippen molar-refractivity contribution in [3.05, 3.63) is 119 Å². The van der Waals surface area contributed by atoms with Crippen molar-refractivity contribution in [2.45, 2.75) is 17.0 Å². The molecule has 0 aromatic heterocycles. The van der Waals surface area contributed by atoms with Gasteiger partial charge in [0, 0.05) is 11.6 Å². The number of rotatable bonds is 7. The van der Waals surface area contributed by atoms with Crippen molar-refractivity contribution in [1.82, 2.24) is 10.2 Å². The molecule has 5 nitrogen and oxygen atoms in total. The first-order valence-electron chi connectivity index (χ1n) is 11.0. The van der Waals surface area contributed by atoms with E-state index in [9.17, 15) is 14.7 Å². The molecule has 2 aliphatic heterocycles. The summed E-state index contributed by atoms with van der Waals surface area (Å²) in [7, 11) is 0. The van der Waals surface area contributed by atoms with Crippen LogP contribution in [0.1, 0.15) is 16.7 Å². The first kappa shape index (κ1) is 22.7. The van der Waals surface area contributed by atoms with Gasteiger partial charge in [-0.1, -0.05) is 91.0 Å². The average Bonchev–Trinajstić information content (AvgIpc) is 2.90. The van der Waals surface area contributed by atoms with Gasteiger partial charge in [-0.25, -0.2) is 4.79 Å². The second-order valence-electron chi connectivity index (χ2n) is 8.27. The summed E-state index contributed by atoms with van der Waals surface area (Å²) in [6.07, 6.45) is 0. The molecule has 0 saturated carbocycles. The van der Waals surface area contributed by atoms with Crippen molar-refractivity contribution in [2.24, 2.45) is 0 Å². The molecule has 1 fully saturated rings. The van der Waals surface area contributed by atoms with Gasteiger partial charge in [-0.15, -0.1) is 23.4 Å². The van der Waals surface area contributed by atoms with E-state index in [2.05, 4.69) is 41.7 Å². The summed E-state index contributed by atoms with van der Waals surface area (Å²) >= 11 is 7.54. The van der Waals surface area contributed by atoms with Gasteiger partial charge < -0.3 is 5.11 Å². The highest BCUT2D eigenvalue weighted by Gasteiger charge is 2.56. The molecule has 2 atom stereocenters. The Kier molecular flexibility index (Phi) is 6.21. The number of nitrogens with zero attached hydrogens (tertiary/aromatic N) is 1. The van der Waals surface area contributed by atoms with E-state index in [0.717, 1.165) is 16.7 Å². The number of nitrogens with one attached hydrogen (secondary N) is 1. The maximum atomic E-state index is 13.5. The minimum atomic E-state index is -1.12. The third kappa shape index (κ3) is 3.63. The van der Waals surface area contributed by atoms with Gasteiger partial charge in [0.1, 0.15) is 17.1 Å². The number of alkyl halides is 1. The number of hydrogen-bond donors (Lipinski definition) is 2. The van der Waals surface area contributed by atoms with Crippen LogP contribution in [0, 0.1) is 0 Å². The minimum Gasteiger partial charge on any atom is -0.477 e. The summed E-state index contributed by atoms with van der Waals surface area (Å²) in [6, 6.07) is 29.6. The molecule has 0 bridgehead atoms. The molecule has 2 aliphatic rings. The van der Waals surface area contributed by atoms with Crippen LogP contribution in [0.5, 0.6) is 0 Å². The zero-order valence-electron chi connectivity index (χ0n) is 18.2. The number of carbonyl (C=O) groups is 2. The lowest BCUT2D eigenvalue weighted by molar-refractivity contribution is -0.149. The van der Waals surface area contributed by atoms with E-state index < -0.39 is 17.6 Å². The Balaban J connectivity index is 1.63. The molecule has 5 rings (SSSR count). The SMILES string of the molecule is O=C(O)C1=C(CCl)CS[C@@H]2[C@H](NC(c3ccccc3)(c3ccccc3)c3ccccc3)C(=O)N12. The van der Waals surface area contributed by atoms with E-state index in [-0.39, 0.29) is 22.9 Å². The lowest BCUT2D eigenvalue weighted by Gasteiger charge is -2.53. The van der Waals surface area contributed by atoms with Gasteiger partial charge in [-0.05, 0) is 22.3 Å². The van der Waals surface area contributed by atoms with Gasteiger partial charge in [0.05, 0.1) is 5.54 Å². The maximum Gasteiger partial charge on any atom is 0.352 e. The van der Waals surface area contributed by atoms with Crippen LogP contribution in [0.2, 0.25) is 0 Å². The van der Waals surface area contributed by atoms with Crippen molar-refractivity contribution < 1.29 is 14.7 Å². The highest BCUT2D eigenvalue weighted by molar-refractivity contribution is 8.00. The lowest BCUT2D eigenvalue weighted by Crippen LogP contribution is -2.72. The number of thioether (sulfide) groups is 1. The molecule has 2 heterocycles. The number of aliphatic carboxylic acids is 1. The number of halogens is 1. The van der Waals surface area contributed by atoms with Gasteiger partial charge in [-0.3, -0.25) is 15.0 Å². The smallest absolute Gasteiger partial charge is 0.352 e.